The number of nitrogens with zero attached hydrogens (tertiary/aromatic N) is 2. The van der Waals surface area contributed by atoms with Crippen molar-refractivity contribution >= 4 is 40.4 Å². The Kier molecular flexibility index (Phi) is 13.2. The molecule has 0 aliphatic heterocycles. The Morgan fingerprint density at radius 3 is 2.26 bits per heavy atom. The predicted octanol–water partition coefficient (Wildman–Crippen LogP) is 4.68. The number of hydroxylamine groups is 2. The van der Waals surface area contributed by atoms with Gasteiger partial charge in [0.25, 0.3) is 5.91 Å². The summed E-state index contributed by atoms with van der Waals surface area (Å²) in [5.74, 6) is -1.72. The van der Waals surface area contributed by atoms with Gasteiger partial charge in [-0.1, -0.05) is 60.7 Å². The lowest BCUT2D eigenvalue weighted by Gasteiger charge is -2.22. The van der Waals surface area contributed by atoms with Crippen molar-refractivity contribution in [1.82, 2.24) is 9.96 Å². The number of rotatable bonds is 15. The zero-order valence-corrected chi connectivity index (χ0v) is 24.4. The maximum Gasteiger partial charge on any atom is 0.411 e. The molecule has 0 heterocycles. The number of hydrogen-bond acceptors (Lipinski definition) is 9. The van der Waals surface area contributed by atoms with Crippen molar-refractivity contribution in [3.8, 4) is 0 Å². The molecule has 43 heavy (non-hydrogen) atoms. The second kappa shape index (κ2) is 17.3. The fraction of sp³-hybridized carbons (Fsp3) is 0.312. The second-order valence-electron chi connectivity index (χ2n) is 9.67. The van der Waals surface area contributed by atoms with Crippen LogP contribution >= 0.6 is 0 Å². The maximum absolute atomic E-state index is 12.4. The van der Waals surface area contributed by atoms with E-state index in [1.54, 1.807) is 0 Å². The molecule has 0 unspecified atom stereocenters. The van der Waals surface area contributed by atoms with Gasteiger partial charge in [0.2, 0.25) is 0 Å². The number of hydrogen-bond donors (Lipinski definition) is 2. The summed E-state index contributed by atoms with van der Waals surface area (Å²) in [6.45, 7) is 1.82. The third kappa shape index (κ3) is 11.2. The van der Waals surface area contributed by atoms with Gasteiger partial charge >= 0.3 is 18.0 Å². The largest absolute Gasteiger partial charge is 0.469 e. The monoisotopic (exact) mass is 591 g/mol. The van der Waals surface area contributed by atoms with Crippen LogP contribution in [0.4, 0.5) is 10.5 Å². The number of ether oxygens (including phenoxy) is 3. The minimum atomic E-state index is -0.719. The van der Waals surface area contributed by atoms with Crippen LogP contribution in [0.15, 0.2) is 78.9 Å². The molecule has 0 radical (unpaired) electrons. The van der Waals surface area contributed by atoms with Crippen molar-refractivity contribution in [2.75, 3.05) is 39.2 Å². The quantitative estimate of drug-likeness (QED) is 0.0645. The van der Waals surface area contributed by atoms with Crippen LogP contribution in [0.2, 0.25) is 0 Å². The number of amides is 2. The molecule has 3 rings (SSSR count). The highest BCUT2D eigenvalue weighted by atomic mass is 16.5. The van der Waals surface area contributed by atoms with Gasteiger partial charge in [-0.25, -0.2) is 14.7 Å². The molecule has 0 saturated carbocycles. The molecule has 0 aliphatic carbocycles. The Balaban J connectivity index is 1.48. The van der Waals surface area contributed by atoms with Gasteiger partial charge in [0.1, 0.15) is 6.61 Å². The SMILES string of the molecule is COC(=O)C=CC(=O)N(O)CCCCN(CCC(=O)OC)Cc1ccc(COC(=O)Nc2cccc3ccccc23)cc1. The van der Waals surface area contributed by atoms with E-state index in [9.17, 15) is 24.4 Å². The van der Waals surface area contributed by atoms with Crippen molar-refractivity contribution in [3.05, 3.63) is 90.0 Å². The van der Waals surface area contributed by atoms with Crippen LogP contribution in [0.5, 0.6) is 0 Å². The minimum absolute atomic E-state index is 0.0813. The van der Waals surface area contributed by atoms with E-state index >= 15 is 0 Å². The summed E-state index contributed by atoms with van der Waals surface area (Å²) in [4.78, 5) is 49.2. The molecule has 0 aliphatic rings. The highest BCUT2D eigenvalue weighted by molar-refractivity contribution is 6.00. The zero-order valence-electron chi connectivity index (χ0n) is 24.4. The fourth-order valence-electron chi connectivity index (χ4n) is 4.25. The Morgan fingerprint density at radius 1 is 0.814 bits per heavy atom. The standard InChI is InChI=1S/C32H37N3O8/c1-41-30(37)17-16-29(36)35(40)20-6-5-19-34(21-18-31(38)42-2)22-24-12-14-25(15-13-24)23-43-32(39)33-28-11-7-9-26-8-3-4-10-27(26)28/h3-4,7-17,40H,5-6,18-23H2,1-2H3,(H,33,39). The lowest BCUT2D eigenvalue weighted by Crippen LogP contribution is -2.30. The van der Waals surface area contributed by atoms with Gasteiger partial charge in [-0.05, 0) is 42.0 Å². The molecule has 0 saturated heterocycles. The number of methoxy groups -OCH3 is 2. The molecule has 0 aromatic heterocycles. The van der Waals surface area contributed by atoms with Crippen LogP contribution in [-0.2, 0) is 41.7 Å². The number of esters is 2. The molecular weight excluding hydrogens is 554 g/mol. The summed E-state index contributed by atoms with van der Waals surface area (Å²) in [6.07, 6.45) is 2.71. The number of benzene rings is 3. The smallest absolute Gasteiger partial charge is 0.411 e. The van der Waals surface area contributed by atoms with E-state index in [0.29, 0.717) is 43.2 Å². The first kappa shape index (κ1) is 32.8. The molecule has 11 nitrogen and oxygen atoms in total. The van der Waals surface area contributed by atoms with Crippen LogP contribution in [0.25, 0.3) is 10.8 Å². The first-order valence-corrected chi connectivity index (χ1v) is 13.8. The highest BCUT2D eigenvalue weighted by Gasteiger charge is 2.12. The summed E-state index contributed by atoms with van der Waals surface area (Å²) in [7, 11) is 2.54. The van der Waals surface area contributed by atoms with Crippen LogP contribution < -0.4 is 5.32 Å². The van der Waals surface area contributed by atoms with Gasteiger partial charge in [-0.15, -0.1) is 0 Å². The van der Waals surface area contributed by atoms with E-state index < -0.39 is 18.0 Å². The van der Waals surface area contributed by atoms with Crippen molar-refractivity contribution < 1.29 is 38.6 Å². The summed E-state index contributed by atoms with van der Waals surface area (Å²) < 4.78 is 14.6. The van der Waals surface area contributed by atoms with Gasteiger partial charge in [-0.2, -0.15) is 0 Å². The summed E-state index contributed by atoms with van der Waals surface area (Å²) in [5.41, 5.74) is 2.51. The molecule has 2 N–H and O–H groups in total. The maximum atomic E-state index is 12.4. The molecule has 228 valence electrons. The summed E-state index contributed by atoms with van der Waals surface area (Å²) in [5, 5.41) is 15.2. The minimum Gasteiger partial charge on any atom is -0.469 e. The van der Waals surface area contributed by atoms with E-state index in [1.807, 2.05) is 66.7 Å². The Labute approximate surface area is 250 Å². The Morgan fingerprint density at radius 2 is 1.51 bits per heavy atom. The fourth-order valence-corrected chi connectivity index (χ4v) is 4.25. The number of fused-ring (bicyclic) bond motifs is 1. The predicted molar refractivity (Wildman–Crippen MR) is 160 cm³/mol. The molecule has 0 fully saturated rings. The normalized spacial score (nSPS) is 11.0. The Hall–Kier alpha value is -4.74. The zero-order chi connectivity index (χ0) is 31.0. The highest BCUT2D eigenvalue weighted by Crippen LogP contribution is 2.23. The first-order chi connectivity index (χ1) is 20.8. The Bertz CT molecular complexity index is 1400. The molecule has 2 amide bonds. The number of unbranched alkanes of at least 4 members (excludes halogenated alkanes) is 1. The third-order valence-corrected chi connectivity index (χ3v) is 6.60. The van der Waals surface area contributed by atoms with Gasteiger partial charge in [-0.3, -0.25) is 25.0 Å². The second-order valence-corrected chi connectivity index (χ2v) is 9.67. The number of carbonyl (C=O) groups is 4. The first-order valence-electron chi connectivity index (χ1n) is 13.8. The van der Waals surface area contributed by atoms with E-state index in [1.165, 1.54) is 14.2 Å². The van der Waals surface area contributed by atoms with E-state index in [2.05, 4.69) is 15.0 Å². The summed E-state index contributed by atoms with van der Waals surface area (Å²) >= 11 is 0. The average Bonchev–Trinajstić information content (AvgIpc) is 3.03. The van der Waals surface area contributed by atoms with Crippen LogP contribution in [-0.4, -0.2) is 73.0 Å². The van der Waals surface area contributed by atoms with Gasteiger partial charge < -0.3 is 14.2 Å². The van der Waals surface area contributed by atoms with Crippen LogP contribution in [0.1, 0.15) is 30.4 Å². The van der Waals surface area contributed by atoms with E-state index in [0.717, 1.165) is 34.1 Å². The van der Waals surface area contributed by atoms with Gasteiger partial charge in [0, 0.05) is 37.2 Å². The third-order valence-electron chi connectivity index (χ3n) is 6.60. The molecule has 3 aromatic carbocycles. The number of carbonyl (C=O) groups excluding carboxylic acids is 4. The average molecular weight is 592 g/mol. The molecule has 11 heteroatoms. The lowest BCUT2D eigenvalue weighted by atomic mass is 10.1. The molecule has 3 aromatic rings. The number of anilines is 1. The van der Waals surface area contributed by atoms with Crippen LogP contribution in [0, 0.1) is 0 Å². The molecular formula is C32H37N3O8. The van der Waals surface area contributed by atoms with Crippen molar-refractivity contribution in [3.63, 3.8) is 0 Å². The topological polar surface area (TPSA) is 135 Å². The van der Waals surface area contributed by atoms with Gasteiger partial charge in [0.05, 0.1) is 26.3 Å². The molecule has 0 spiro atoms. The van der Waals surface area contributed by atoms with E-state index in [4.69, 9.17) is 9.47 Å². The van der Waals surface area contributed by atoms with Crippen molar-refractivity contribution in [2.24, 2.45) is 0 Å². The van der Waals surface area contributed by atoms with Crippen LogP contribution in [0.3, 0.4) is 0 Å². The molecule has 0 atom stereocenters. The van der Waals surface area contributed by atoms with Crippen molar-refractivity contribution in [2.45, 2.75) is 32.4 Å². The van der Waals surface area contributed by atoms with Gasteiger partial charge in [0.15, 0.2) is 0 Å². The summed E-state index contributed by atoms with van der Waals surface area (Å²) in [6, 6.07) is 21.1. The van der Waals surface area contributed by atoms with Crippen molar-refractivity contribution in [1.29, 1.82) is 0 Å². The molecule has 0 bridgehead atoms. The lowest BCUT2D eigenvalue weighted by molar-refractivity contribution is -0.159. The number of nitrogens with one attached hydrogen (secondary N) is 1. The van der Waals surface area contributed by atoms with E-state index in [-0.39, 0.29) is 25.5 Å².